The summed E-state index contributed by atoms with van der Waals surface area (Å²) in [4.78, 5) is 19.8. The van der Waals surface area contributed by atoms with Gasteiger partial charge in [0.2, 0.25) is 0 Å². The van der Waals surface area contributed by atoms with Gasteiger partial charge in [0.15, 0.2) is 0 Å². The van der Waals surface area contributed by atoms with E-state index in [1.807, 2.05) is 55.2 Å². The van der Waals surface area contributed by atoms with Crippen molar-refractivity contribution in [1.82, 2.24) is 14.7 Å². The maximum absolute atomic E-state index is 13.0. The summed E-state index contributed by atoms with van der Waals surface area (Å²) in [5, 5.41) is 10.2. The molecule has 1 fully saturated rings. The highest BCUT2D eigenvalue weighted by atomic mass is 16.3. The molecular formula is C27H37N3O2. The van der Waals surface area contributed by atoms with Crippen LogP contribution in [0.1, 0.15) is 55.2 Å². The number of piperazine rings is 1. The standard InChI is InChI=1S/C27H37N3O2/c1-6-15-29-18-21(5)30(19-20(29)4)26(23-12-10-14-25(31)17-23)22-11-9-13-24(16-22)27(32)28(7-2)8-3/h6,9-14,16-17,20-21,26,31H,1,7-8,15,18-19H2,2-5H3/t20-,21+,26+/m0/s1. The molecule has 32 heavy (non-hydrogen) atoms. The van der Waals surface area contributed by atoms with E-state index in [1.54, 1.807) is 6.07 Å². The second-order valence-electron chi connectivity index (χ2n) is 8.74. The van der Waals surface area contributed by atoms with Crippen LogP contribution in [-0.4, -0.2) is 70.5 Å². The highest BCUT2D eigenvalue weighted by molar-refractivity contribution is 5.94. The molecule has 2 aromatic rings. The quantitative estimate of drug-likeness (QED) is 0.618. The smallest absolute Gasteiger partial charge is 0.253 e. The predicted octanol–water partition coefficient (Wildman–Crippen LogP) is 4.54. The average Bonchev–Trinajstić information content (AvgIpc) is 2.78. The molecule has 172 valence electrons. The molecular weight excluding hydrogens is 398 g/mol. The van der Waals surface area contributed by atoms with Crippen molar-refractivity contribution in [2.45, 2.75) is 45.8 Å². The number of carbonyl (C=O) groups is 1. The van der Waals surface area contributed by atoms with Gasteiger partial charge in [0.25, 0.3) is 5.91 Å². The highest BCUT2D eigenvalue weighted by Gasteiger charge is 2.34. The van der Waals surface area contributed by atoms with Gasteiger partial charge in [-0.1, -0.05) is 30.3 Å². The van der Waals surface area contributed by atoms with Crippen LogP contribution in [0.15, 0.2) is 61.2 Å². The van der Waals surface area contributed by atoms with Crippen molar-refractivity contribution in [3.8, 4) is 5.75 Å². The van der Waals surface area contributed by atoms with Gasteiger partial charge < -0.3 is 10.0 Å². The van der Waals surface area contributed by atoms with E-state index in [4.69, 9.17) is 0 Å². The average molecular weight is 436 g/mol. The van der Waals surface area contributed by atoms with Crippen molar-refractivity contribution < 1.29 is 9.90 Å². The fourth-order valence-corrected chi connectivity index (χ4v) is 4.81. The molecule has 0 bridgehead atoms. The number of amides is 1. The molecule has 5 heteroatoms. The Morgan fingerprint density at radius 3 is 2.38 bits per heavy atom. The van der Waals surface area contributed by atoms with Crippen LogP contribution in [-0.2, 0) is 0 Å². The van der Waals surface area contributed by atoms with Gasteiger partial charge in [0, 0.05) is 50.4 Å². The van der Waals surface area contributed by atoms with Gasteiger partial charge in [-0.05, 0) is 63.1 Å². The van der Waals surface area contributed by atoms with Crippen molar-refractivity contribution in [2.75, 3.05) is 32.7 Å². The van der Waals surface area contributed by atoms with E-state index in [2.05, 4.69) is 42.4 Å². The van der Waals surface area contributed by atoms with Crippen molar-refractivity contribution in [2.24, 2.45) is 0 Å². The third-order valence-electron chi connectivity index (χ3n) is 6.54. The summed E-state index contributed by atoms with van der Waals surface area (Å²) in [5.74, 6) is 0.317. The van der Waals surface area contributed by atoms with Crippen molar-refractivity contribution >= 4 is 5.91 Å². The maximum atomic E-state index is 13.0. The zero-order valence-corrected chi connectivity index (χ0v) is 19.9. The first-order valence-corrected chi connectivity index (χ1v) is 11.7. The normalized spacial score (nSPS) is 20.6. The summed E-state index contributed by atoms with van der Waals surface area (Å²) >= 11 is 0. The summed E-state index contributed by atoms with van der Waals surface area (Å²) in [6.45, 7) is 16.5. The summed E-state index contributed by atoms with van der Waals surface area (Å²) in [5.41, 5.74) is 2.82. The van der Waals surface area contributed by atoms with E-state index in [0.29, 0.717) is 30.7 Å². The van der Waals surface area contributed by atoms with Crippen LogP contribution in [0.4, 0.5) is 0 Å². The van der Waals surface area contributed by atoms with Gasteiger partial charge in [0.1, 0.15) is 5.75 Å². The van der Waals surface area contributed by atoms with E-state index in [0.717, 1.165) is 30.8 Å². The Morgan fingerprint density at radius 2 is 1.75 bits per heavy atom. The summed E-state index contributed by atoms with van der Waals surface area (Å²) in [6.07, 6.45) is 1.97. The molecule has 1 heterocycles. The lowest BCUT2D eigenvalue weighted by Gasteiger charge is -2.47. The number of hydrogen-bond donors (Lipinski definition) is 1. The zero-order chi connectivity index (χ0) is 23.3. The van der Waals surface area contributed by atoms with E-state index in [-0.39, 0.29) is 17.7 Å². The number of hydrogen-bond acceptors (Lipinski definition) is 4. The van der Waals surface area contributed by atoms with Gasteiger partial charge in [-0.3, -0.25) is 14.6 Å². The summed E-state index contributed by atoms with van der Waals surface area (Å²) < 4.78 is 0. The molecule has 1 N–H and O–H groups in total. The Labute approximate surface area is 193 Å². The molecule has 0 saturated carbocycles. The molecule has 5 nitrogen and oxygen atoms in total. The number of benzene rings is 2. The molecule has 0 spiro atoms. The molecule has 3 atom stereocenters. The Balaban J connectivity index is 2.03. The molecule has 1 aliphatic heterocycles. The molecule has 1 saturated heterocycles. The predicted molar refractivity (Wildman–Crippen MR) is 131 cm³/mol. The molecule has 2 aromatic carbocycles. The number of phenols is 1. The first-order chi connectivity index (χ1) is 15.4. The van der Waals surface area contributed by atoms with Crippen LogP contribution in [0.2, 0.25) is 0 Å². The molecule has 0 aliphatic carbocycles. The van der Waals surface area contributed by atoms with Crippen LogP contribution >= 0.6 is 0 Å². The second-order valence-corrected chi connectivity index (χ2v) is 8.74. The Bertz CT molecular complexity index is 925. The Kier molecular flexibility index (Phi) is 8.10. The fraction of sp³-hybridized carbons (Fsp3) is 0.444. The molecule has 1 amide bonds. The van der Waals surface area contributed by atoms with Crippen molar-refractivity contribution in [3.05, 3.63) is 77.9 Å². The summed E-state index contributed by atoms with van der Waals surface area (Å²) in [6, 6.07) is 16.2. The minimum absolute atomic E-state index is 0.0464. The van der Waals surface area contributed by atoms with Gasteiger partial charge in [-0.25, -0.2) is 0 Å². The lowest BCUT2D eigenvalue weighted by molar-refractivity contribution is 0.0306. The lowest BCUT2D eigenvalue weighted by atomic mass is 9.92. The lowest BCUT2D eigenvalue weighted by Crippen LogP contribution is -2.57. The summed E-state index contributed by atoms with van der Waals surface area (Å²) in [7, 11) is 0. The first-order valence-electron chi connectivity index (χ1n) is 11.7. The third kappa shape index (κ3) is 5.22. The van der Waals surface area contributed by atoms with Gasteiger partial charge in [-0.15, -0.1) is 6.58 Å². The number of carbonyl (C=O) groups excluding carboxylic acids is 1. The fourth-order valence-electron chi connectivity index (χ4n) is 4.81. The third-order valence-corrected chi connectivity index (χ3v) is 6.54. The number of phenolic OH excluding ortho intramolecular Hbond substituents is 1. The Hall–Kier alpha value is -2.63. The van der Waals surface area contributed by atoms with Crippen LogP contribution in [0.5, 0.6) is 5.75 Å². The molecule has 0 aromatic heterocycles. The molecule has 3 rings (SSSR count). The molecule has 0 unspecified atom stereocenters. The van der Waals surface area contributed by atoms with Crippen LogP contribution < -0.4 is 0 Å². The van der Waals surface area contributed by atoms with Gasteiger partial charge in [0.05, 0.1) is 6.04 Å². The number of rotatable bonds is 8. The van der Waals surface area contributed by atoms with Gasteiger partial charge in [-0.2, -0.15) is 0 Å². The maximum Gasteiger partial charge on any atom is 0.253 e. The minimum Gasteiger partial charge on any atom is -0.508 e. The van der Waals surface area contributed by atoms with Crippen LogP contribution in [0.25, 0.3) is 0 Å². The number of aromatic hydroxyl groups is 1. The van der Waals surface area contributed by atoms with Crippen LogP contribution in [0.3, 0.4) is 0 Å². The van der Waals surface area contributed by atoms with Crippen molar-refractivity contribution in [3.63, 3.8) is 0 Å². The minimum atomic E-state index is -0.0464. The van der Waals surface area contributed by atoms with E-state index < -0.39 is 0 Å². The van der Waals surface area contributed by atoms with E-state index >= 15 is 0 Å². The van der Waals surface area contributed by atoms with Crippen LogP contribution in [0, 0.1) is 0 Å². The highest BCUT2D eigenvalue weighted by Crippen LogP contribution is 2.35. The molecule has 1 aliphatic rings. The Morgan fingerprint density at radius 1 is 1.09 bits per heavy atom. The van der Waals surface area contributed by atoms with E-state index in [9.17, 15) is 9.90 Å². The SMILES string of the molecule is C=CCN1C[C@@H](C)N([C@@H](c2cccc(O)c2)c2cccc(C(=O)N(CC)CC)c2)C[C@@H]1C. The van der Waals surface area contributed by atoms with E-state index in [1.165, 1.54) is 0 Å². The van der Waals surface area contributed by atoms with Crippen molar-refractivity contribution in [1.29, 1.82) is 0 Å². The molecule has 0 radical (unpaired) electrons. The second kappa shape index (κ2) is 10.8. The largest absolute Gasteiger partial charge is 0.508 e. The number of nitrogens with zero attached hydrogens (tertiary/aromatic N) is 3. The van der Waals surface area contributed by atoms with Gasteiger partial charge >= 0.3 is 0 Å². The first kappa shape index (κ1) is 24.0. The monoisotopic (exact) mass is 435 g/mol. The topological polar surface area (TPSA) is 47.0 Å². The zero-order valence-electron chi connectivity index (χ0n) is 19.9.